The maximum absolute atomic E-state index is 15.2. The highest BCUT2D eigenvalue weighted by Gasteiger charge is 2.37. The van der Waals surface area contributed by atoms with E-state index in [1.165, 1.54) is 7.11 Å². The SMILES string of the molecule is COc1c(N2CC(C)C(C(C)N)C2)c(F)cn2c(=O)n(N)c(=O)c(C3CC3)c12. The highest BCUT2D eigenvalue weighted by Crippen LogP contribution is 2.45. The number of methoxy groups -OCH3 is 1. The number of rotatable bonds is 4. The number of pyridine rings is 1. The molecule has 3 heterocycles. The fourth-order valence-electron chi connectivity index (χ4n) is 4.49. The molecule has 152 valence electrons. The van der Waals surface area contributed by atoms with Crippen molar-refractivity contribution >= 4 is 11.2 Å². The second-order valence-electron chi connectivity index (χ2n) is 8.13. The first-order chi connectivity index (χ1) is 13.3. The average molecular weight is 391 g/mol. The third kappa shape index (κ3) is 2.68. The van der Waals surface area contributed by atoms with E-state index in [-0.39, 0.29) is 35.2 Å². The van der Waals surface area contributed by atoms with Gasteiger partial charge in [-0.05, 0) is 37.5 Å². The van der Waals surface area contributed by atoms with E-state index < -0.39 is 17.1 Å². The Morgan fingerprint density at radius 3 is 2.50 bits per heavy atom. The van der Waals surface area contributed by atoms with Crippen molar-refractivity contribution < 1.29 is 9.13 Å². The minimum Gasteiger partial charge on any atom is -0.492 e. The molecule has 1 saturated carbocycles. The van der Waals surface area contributed by atoms with Crippen LogP contribution in [0.15, 0.2) is 15.8 Å². The number of nitrogens with zero attached hydrogens (tertiary/aromatic N) is 3. The highest BCUT2D eigenvalue weighted by molar-refractivity contribution is 5.78. The van der Waals surface area contributed by atoms with Crippen LogP contribution < -0.4 is 32.5 Å². The van der Waals surface area contributed by atoms with E-state index in [2.05, 4.69) is 6.92 Å². The Bertz CT molecular complexity index is 1060. The summed E-state index contributed by atoms with van der Waals surface area (Å²) in [5.41, 5.74) is 5.76. The normalized spacial score (nSPS) is 23.4. The van der Waals surface area contributed by atoms with Crippen molar-refractivity contribution in [1.82, 2.24) is 9.08 Å². The number of hydrogen-bond donors (Lipinski definition) is 2. The van der Waals surface area contributed by atoms with Crippen LogP contribution in [-0.4, -0.2) is 35.3 Å². The van der Waals surface area contributed by atoms with Gasteiger partial charge >= 0.3 is 5.69 Å². The molecule has 0 spiro atoms. The Hall–Kier alpha value is -2.55. The van der Waals surface area contributed by atoms with Crippen molar-refractivity contribution in [3.8, 4) is 5.75 Å². The Morgan fingerprint density at radius 1 is 1.29 bits per heavy atom. The Morgan fingerprint density at radius 2 is 1.96 bits per heavy atom. The number of aromatic nitrogens is 2. The minimum atomic E-state index is -0.795. The second-order valence-corrected chi connectivity index (χ2v) is 8.13. The molecule has 4 N–H and O–H groups in total. The number of nitrogens with two attached hydrogens (primary N) is 2. The smallest absolute Gasteiger partial charge is 0.354 e. The zero-order valence-corrected chi connectivity index (χ0v) is 16.3. The summed E-state index contributed by atoms with van der Waals surface area (Å²) in [5, 5.41) is 0. The molecule has 8 nitrogen and oxygen atoms in total. The van der Waals surface area contributed by atoms with Crippen LogP contribution in [0.25, 0.3) is 5.52 Å². The lowest BCUT2D eigenvalue weighted by Crippen LogP contribution is -2.44. The lowest BCUT2D eigenvalue weighted by molar-refractivity contribution is 0.389. The van der Waals surface area contributed by atoms with Gasteiger partial charge in [-0.1, -0.05) is 6.92 Å². The van der Waals surface area contributed by atoms with E-state index in [4.69, 9.17) is 16.3 Å². The van der Waals surface area contributed by atoms with Crippen LogP contribution in [0.2, 0.25) is 0 Å². The summed E-state index contributed by atoms with van der Waals surface area (Å²) in [6.45, 7) is 5.24. The van der Waals surface area contributed by atoms with Gasteiger partial charge in [0.15, 0.2) is 11.6 Å². The number of ether oxygens (including phenoxy) is 1. The molecule has 3 unspecified atom stereocenters. The van der Waals surface area contributed by atoms with E-state index in [1.54, 1.807) is 0 Å². The predicted octanol–water partition coefficient (Wildman–Crippen LogP) is 0.620. The maximum atomic E-state index is 15.2. The number of hydrogen-bond acceptors (Lipinski definition) is 6. The molecule has 3 atom stereocenters. The van der Waals surface area contributed by atoms with Gasteiger partial charge in [-0.25, -0.2) is 9.18 Å². The molecule has 4 rings (SSSR count). The molecule has 9 heteroatoms. The Kier molecular flexibility index (Phi) is 4.37. The molecule has 1 aliphatic heterocycles. The molecule has 2 aliphatic rings. The van der Waals surface area contributed by atoms with Crippen LogP contribution in [0.3, 0.4) is 0 Å². The monoisotopic (exact) mass is 391 g/mol. The van der Waals surface area contributed by atoms with Crippen molar-refractivity contribution in [3.05, 3.63) is 38.4 Å². The molecule has 0 amide bonds. The third-order valence-electron chi connectivity index (χ3n) is 6.11. The Balaban J connectivity index is 2.00. The first-order valence-electron chi connectivity index (χ1n) is 9.59. The third-order valence-corrected chi connectivity index (χ3v) is 6.11. The predicted molar refractivity (Wildman–Crippen MR) is 105 cm³/mol. The molecular formula is C19H26FN5O3. The fraction of sp³-hybridized carbons (Fsp3) is 0.579. The van der Waals surface area contributed by atoms with E-state index in [1.807, 2.05) is 11.8 Å². The van der Waals surface area contributed by atoms with Gasteiger partial charge in [-0.3, -0.25) is 9.20 Å². The molecule has 0 radical (unpaired) electrons. The van der Waals surface area contributed by atoms with Gasteiger partial charge in [0.1, 0.15) is 11.2 Å². The van der Waals surface area contributed by atoms with Crippen molar-refractivity contribution in [2.45, 2.75) is 38.6 Å². The van der Waals surface area contributed by atoms with Gasteiger partial charge in [-0.2, -0.15) is 4.68 Å². The van der Waals surface area contributed by atoms with Gasteiger partial charge in [0.05, 0.1) is 18.9 Å². The number of anilines is 1. The van der Waals surface area contributed by atoms with Gasteiger partial charge < -0.3 is 21.2 Å². The van der Waals surface area contributed by atoms with Crippen molar-refractivity contribution in [1.29, 1.82) is 0 Å². The number of nitrogen functional groups attached to an aromatic ring is 1. The fourth-order valence-corrected chi connectivity index (χ4v) is 4.49. The molecule has 28 heavy (non-hydrogen) atoms. The van der Waals surface area contributed by atoms with Gasteiger partial charge in [0.25, 0.3) is 5.56 Å². The Labute approximate surface area is 161 Å². The molecule has 2 fully saturated rings. The molecule has 1 saturated heterocycles. The standard InChI is InChI=1S/C19H26FN5O3/c1-9-6-23(7-12(9)10(2)21)15-13(20)8-24-16(17(15)28-3)14(11-4-5-11)18(26)25(22)19(24)27/h8-12H,4-7,21-22H2,1-3H3. The van der Waals surface area contributed by atoms with Crippen LogP contribution in [0.5, 0.6) is 5.75 Å². The van der Waals surface area contributed by atoms with Gasteiger partial charge in [0.2, 0.25) is 0 Å². The topological polar surface area (TPSA) is 108 Å². The van der Waals surface area contributed by atoms with Crippen molar-refractivity contribution in [2.75, 3.05) is 30.9 Å². The van der Waals surface area contributed by atoms with E-state index in [0.717, 1.165) is 23.4 Å². The summed E-state index contributed by atoms with van der Waals surface area (Å²) in [4.78, 5) is 27.2. The van der Waals surface area contributed by atoms with Gasteiger partial charge in [0, 0.05) is 19.1 Å². The van der Waals surface area contributed by atoms with Crippen LogP contribution in [0, 0.1) is 17.7 Å². The summed E-state index contributed by atoms with van der Waals surface area (Å²) < 4.78 is 22.4. The molecule has 2 aromatic rings. The van der Waals surface area contributed by atoms with E-state index in [0.29, 0.717) is 28.8 Å². The minimum absolute atomic E-state index is 0.000532. The van der Waals surface area contributed by atoms with Crippen LogP contribution in [-0.2, 0) is 0 Å². The summed E-state index contributed by atoms with van der Waals surface area (Å²) in [5.74, 6) is 5.77. The van der Waals surface area contributed by atoms with E-state index in [9.17, 15) is 9.59 Å². The first kappa shape index (κ1) is 18.8. The summed E-state index contributed by atoms with van der Waals surface area (Å²) in [7, 11) is 1.43. The highest BCUT2D eigenvalue weighted by atomic mass is 19.1. The molecule has 1 aliphatic carbocycles. The quantitative estimate of drug-likeness (QED) is 0.740. The zero-order chi connectivity index (χ0) is 20.3. The first-order valence-corrected chi connectivity index (χ1v) is 9.59. The van der Waals surface area contributed by atoms with Crippen LogP contribution in [0.4, 0.5) is 10.1 Å². The average Bonchev–Trinajstić information content (AvgIpc) is 3.40. The lowest BCUT2D eigenvalue weighted by Gasteiger charge is -2.24. The maximum Gasteiger partial charge on any atom is 0.354 e. The molecule has 0 bridgehead atoms. The summed E-state index contributed by atoms with van der Waals surface area (Å²) in [6.07, 6.45) is 2.76. The zero-order valence-electron chi connectivity index (χ0n) is 16.3. The van der Waals surface area contributed by atoms with Crippen LogP contribution in [0.1, 0.15) is 38.2 Å². The number of fused-ring (bicyclic) bond motifs is 1. The van der Waals surface area contributed by atoms with Crippen LogP contribution >= 0.6 is 0 Å². The molecular weight excluding hydrogens is 365 g/mol. The molecule has 2 aromatic heterocycles. The lowest BCUT2D eigenvalue weighted by atomic mass is 9.92. The molecule has 0 aromatic carbocycles. The van der Waals surface area contributed by atoms with Gasteiger partial charge in [-0.15, -0.1) is 0 Å². The summed E-state index contributed by atoms with van der Waals surface area (Å²) >= 11 is 0. The van der Waals surface area contributed by atoms with E-state index >= 15 is 4.39 Å². The largest absolute Gasteiger partial charge is 0.492 e. The second kappa shape index (κ2) is 6.51. The number of halogens is 1. The van der Waals surface area contributed by atoms with Crippen molar-refractivity contribution in [3.63, 3.8) is 0 Å². The summed E-state index contributed by atoms with van der Waals surface area (Å²) in [6, 6.07) is -0.0244. The van der Waals surface area contributed by atoms with Crippen molar-refractivity contribution in [2.24, 2.45) is 17.6 Å².